The van der Waals surface area contributed by atoms with Gasteiger partial charge in [0.1, 0.15) is 0 Å². The number of nitrogens with zero attached hydrogens (tertiary/aromatic N) is 4. The van der Waals surface area contributed by atoms with Gasteiger partial charge in [0, 0.05) is 36.3 Å². The van der Waals surface area contributed by atoms with Gasteiger partial charge in [-0.3, -0.25) is 19.5 Å². The Morgan fingerprint density at radius 1 is 1.43 bits per heavy atom. The minimum Gasteiger partial charge on any atom is -0.347 e. The van der Waals surface area contributed by atoms with Crippen LogP contribution < -0.4 is 10.5 Å². The maximum atomic E-state index is 11.9. The summed E-state index contributed by atoms with van der Waals surface area (Å²) in [7, 11) is 0. The molecule has 110 valence electrons. The maximum absolute atomic E-state index is 11.9. The quantitative estimate of drug-likeness (QED) is 0.638. The summed E-state index contributed by atoms with van der Waals surface area (Å²) < 4.78 is 1.89. The highest BCUT2D eigenvalue weighted by molar-refractivity contribution is 7.15. The fourth-order valence-electron chi connectivity index (χ4n) is 2.47. The van der Waals surface area contributed by atoms with E-state index in [4.69, 9.17) is 11.6 Å². The molecule has 0 atom stereocenters. The number of halogens is 1. The van der Waals surface area contributed by atoms with E-state index in [1.807, 2.05) is 4.90 Å². The van der Waals surface area contributed by atoms with Crippen LogP contribution in [0.15, 0.2) is 23.1 Å². The summed E-state index contributed by atoms with van der Waals surface area (Å²) >= 11 is 7.14. The highest BCUT2D eigenvalue weighted by Crippen LogP contribution is 2.31. The lowest BCUT2D eigenvalue weighted by molar-refractivity contribution is -0.384. The van der Waals surface area contributed by atoms with E-state index in [0.717, 1.165) is 11.3 Å². The van der Waals surface area contributed by atoms with Crippen molar-refractivity contribution in [2.24, 2.45) is 0 Å². The van der Waals surface area contributed by atoms with Crippen molar-refractivity contribution < 1.29 is 4.92 Å². The van der Waals surface area contributed by atoms with Gasteiger partial charge in [0.05, 0.1) is 11.5 Å². The molecular formula is C12H11ClN4O3S. The van der Waals surface area contributed by atoms with Gasteiger partial charge < -0.3 is 4.90 Å². The maximum Gasteiger partial charge on any atom is 0.310 e. The molecule has 1 aliphatic heterocycles. The molecule has 0 bridgehead atoms. The van der Waals surface area contributed by atoms with Gasteiger partial charge in [-0.25, -0.2) is 4.98 Å². The molecule has 0 N–H and O–H groups in total. The standard InChI is InChI=1S/C12H11ClN4O3S/c13-12-14-6-8(21-12)7-15-4-1-5-16-10(18)3-2-9(11(15)16)17(19)20/h2-3,6H,1,4-5,7H2. The molecule has 3 rings (SSSR count). The first kappa shape index (κ1) is 14.0. The van der Waals surface area contributed by atoms with Gasteiger partial charge >= 0.3 is 5.69 Å². The highest BCUT2D eigenvalue weighted by Gasteiger charge is 2.27. The van der Waals surface area contributed by atoms with Crippen molar-refractivity contribution in [2.75, 3.05) is 11.4 Å². The van der Waals surface area contributed by atoms with Crippen molar-refractivity contribution in [3.8, 4) is 0 Å². The van der Waals surface area contributed by atoms with Gasteiger partial charge in [-0.05, 0) is 6.42 Å². The molecule has 21 heavy (non-hydrogen) atoms. The lowest BCUT2D eigenvalue weighted by atomic mass is 10.2. The van der Waals surface area contributed by atoms with Crippen molar-refractivity contribution in [1.29, 1.82) is 0 Å². The molecule has 0 saturated carbocycles. The summed E-state index contributed by atoms with van der Waals surface area (Å²) in [5.41, 5.74) is -0.271. The number of anilines is 1. The molecule has 2 aromatic heterocycles. The highest BCUT2D eigenvalue weighted by atomic mass is 35.5. The normalized spacial score (nSPS) is 14.0. The molecular weight excluding hydrogens is 316 g/mol. The molecule has 1 aliphatic rings. The Balaban J connectivity index is 2.05. The zero-order valence-corrected chi connectivity index (χ0v) is 12.4. The second kappa shape index (κ2) is 5.45. The minimum absolute atomic E-state index is 0.0510. The van der Waals surface area contributed by atoms with Crippen LogP contribution in [0.1, 0.15) is 11.3 Å². The summed E-state index contributed by atoms with van der Waals surface area (Å²) in [6.07, 6.45) is 2.42. The van der Waals surface area contributed by atoms with Crippen LogP contribution in [-0.4, -0.2) is 21.0 Å². The third-order valence-electron chi connectivity index (χ3n) is 3.31. The van der Waals surface area contributed by atoms with Crippen LogP contribution in [0.3, 0.4) is 0 Å². The third kappa shape index (κ3) is 2.64. The predicted molar refractivity (Wildman–Crippen MR) is 80.1 cm³/mol. The fraction of sp³-hybridized carbons (Fsp3) is 0.333. The van der Waals surface area contributed by atoms with Gasteiger partial charge in [0.25, 0.3) is 5.56 Å². The van der Waals surface area contributed by atoms with E-state index in [1.54, 1.807) is 6.20 Å². The van der Waals surface area contributed by atoms with Crippen LogP contribution >= 0.6 is 22.9 Å². The van der Waals surface area contributed by atoms with Gasteiger partial charge in [-0.2, -0.15) is 0 Å². The Labute approximate surface area is 128 Å². The van der Waals surface area contributed by atoms with Crippen molar-refractivity contribution in [1.82, 2.24) is 9.55 Å². The van der Waals surface area contributed by atoms with E-state index in [1.165, 1.54) is 28.0 Å². The summed E-state index contributed by atoms with van der Waals surface area (Å²) in [6, 6.07) is 2.51. The molecule has 0 unspecified atom stereocenters. The molecule has 0 radical (unpaired) electrons. The van der Waals surface area contributed by atoms with Gasteiger partial charge in [-0.15, -0.1) is 11.3 Å². The number of hydrogen-bond acceptors (Lipinski definition) is 6. The lowest BCUT2D eigenvalue weighted by Gasteiger charge is -2.30. The van der Waals surface area contributed by atoms with E-state index in [-0.39, 0.29) is 11.2 Å². The average Bonchev–Trinajstić information content (AvgIpc) is 2.85. The smallest absolute Gasteiger partial charge is 0.310 e. The summed E-state index contributed by atoms with van der Waals surface area (Å²) in [5, 5.41) is 11.2. The molecule has 0 aliphatic carbocycles. The molecule has 0 saturated heterocycles. The molecule has 3 heterocycles. The Hall–Kier alpha value is -1.93. The van der Waals surface area contributed by atoms with E-state index < -0.39 is 4.92 Å². The van der Waals surface area contributed by atoms with Crippen LogP contribution in [0.25, 0.3) is 0 Å². The Kier molecular flexibility index (Phi) is 3.64. The summed E-state index contributed by atoms with van der Waals surface area (Å²) in [6.45, 7) is 1.60. The number of pyridine rings is 1. The number of thiazole rings is 1. The fourth-order valence-corrected chi connectivity index (χ4v) is 3.47. The topological polar surface area (TPSA) is 81.3 Å². The molecule has 2 aromatic rings. The Bertz CT molecular complexity index is 757. The first-order valence-electron chi connectivity index (χ1n) is 6.29. The first-order chi connectivity index (χ1) is 10.1. The van der Waals surface area contributed by atoms with Crippen LogP contribution in [0, 0.1) is 10.1 Å². The van der Waals surface area contributed by atoms with Crippen LogP contribution in [0.5, 0.6) is 0 Å². The predicted octanol–water partition coefficient (Wildman–Crippen LogP) is 2.28. The SMILES string of the molecule is O=c1ccc([N+](=O)[O-])c2n1CCCN2Cc1cnc(Cl)s1. The zero-order chi connectivity index (χ0) is 15.0. The number of aromatic nitrogens is 2. The minimum atomic E-state index is -0.455. The monoisotopic (exact) mass is 326 g/mol. The number of nitro groups is 1. The van der Waals surface area contributed by atoms with Crippen LogP contribution in [0.2, 0.25) is 4.47 Å². The van der Waals surface area contributed by atoms with E-state index in [2.05, 4.69) is 4.98 Å². The third-order valence-corrected chi connectivity index (χ3v) is 4.41. The number of fused-ring (bicyclic) bond motifs is 1. The van der Waals surface area contributed by atoms with Gasteiger partial charge in [-0.1, -0.05) is 11.6 Å². The second-order valence-electron chi connectivity index (χ2n) is 4.64. The van der Waals surface area contributed by atoms with E-state index >= 15 is 0 Å². The molecule has 0 spiro atoms. The molecule has 0 amide bonds. The van der Waals surface area contributed by atoms with Crippen LogP contribution in [-0.2, 0) is 13.1 Å². The molecule has 7 nitrogen and oxygen atoms in total. The molecule has 0 aromatic carbocycles. The van der Waals surface area contributed by atoms with Crippen molar-refractivity contribution in [2.45, 2.75) is 19.5 Å². The first-order valence-corrected chi connectivity index (χ1v) is 7.49. The van der Waals surface area contributed by atoms with Gasteiger partial charge in [0.2, 0.25) is 0 Å². The molecule has 9 heteroatoms. The Morgan fingerprint density at radius 2 is 2.24 bits per heavy atom. The van der Waals surface area contributed by atoms with E-state index in [0.29, 0.717) is 29.9 Å². The Morgan fingerprint density at radius 3 is 2.90 bits per heavy atom. The largest absolute Gasteiger partial charge is 0.347 e. The van der Waals surface area contributed by atoms with Gasteiger partial charge in [0.15, 0.2) is 10.3 Å². The summed E-state index contributed by atoms with van der Waals surface area (Å²) in [5.74, 6) is 0.364. The second-order valence-corrected chi connectivity index (χ2v) is 6.34. The zero-order valence-electron chi connectivity index (χ0n) is 10.9. The van der Waals surface area contributed by atoms with E-state index in [9.17, 15) is 14.9 Å². The number of rotatable bonds is 3. The van der Waals surface area contributed by atoms with Crippen molar-refractivity contribution in [3.63, 3.8) is 0 Å². The lowest BCUT2D eigenvalue weighted by Crippen LogP contribution is -2.37. The molecule has 0 fully saturated rings. The van der Waals surface area contributed by atoms with Crippen molar-refractivity contribution >= 4 is 34.4 Å². The van der Waals surface area contributed by atoms with Crippen molar-refractivity contribution in [3.05, 3.63) is 48.1 Å². The average molecular weight is 327 g/mol. The number of hydrogen-bond donors (Lipinski definition) is 0. The van der Waals surface area contributed by atoms with Crippen LogP contribution in [0.4, 0.5) is 11.5 Å². The summed E-state index contributed by atoms with van der Waals surface area (Å²) in [4.78, 5) is 29.4.